The van der Waals surface area contributed by atoms with E-state index >= 15 is 0 Å². The summed E-state index contributed by atoms with van der Waals surface area (Å²) in [7, 11) is 1.58. The number of amides is 1. The first-order chi connectivity index (χ1) is 10.7. The van der Waals surface area contributed by atoms with Crippen LogP contribution in [0.2, 0.25) is 5.02 Å². The molecule has 2 aromatic rings. The smallest absolute Gasteiger partial charge is 0.244 e. The monoisotopic (exact) mass is 355 g/mol. The Hall–Kier alpha value is -1.28. The summed E-state index contributed by atoms with van der Waals surface area (Å²) in [5.41, 5.74) is 1.66. The van der Waals surface area contributed by atoms with E-state index in [1.165, 1.54) is 11.3 Å². The molecule has 0 radical (unpaired) electrons. The number of methoxy groups -OCH3 is 1. The van der Waals surface area contributed by atoms with Crippen LogP contribution in [-0.4, -0.2) is 35.7 Å². The molecule has 1 atom stereocenters. The first-order valence-electron chi connectivity index (χ1n) is 6.59. The Balaban J connectivity index is 1.73. The lowest BCUT2D eigenvalue weighted by Crippen LogP contribution is -2.37. The molecule has 0 aliphatic carbocycles. The van der Waals surface area contributed by atoms with Crippen molar-refractivity contribution in [3.63, 3.8) is 0 Å². The average Bonchev–Trinajstić information content (AvgIpc) is 3.18. The van der Waals surface area contributed by atoms with Crippen LogP contribution in [0.3, 0.4) is 0 Å². The van der Waals surface area contributed by atoms with Crippen LogP contribution in [0.25, 0.3) is 11.3 Å². The molecular weight excluding hydrogens is 342 g/mol. The molecular formula is C14H14ClN3O2S2. The molecule has 1 aromatic carbocycles. The van der Waals surface area contributed by atoms with Crippen LogP contribution < -0.4 is 15.4 Å². The molecule has 1 amide bonds. The molecule has 5 nitrogen and oxygen atoms in total. The summed E-state index contributed by atoms with van der Waals surface area (Å²) in [6, 6.07) is 5.35. The van der Waals surface area contributed by atoms with Crippen LogP contribution in [0.15, 0.2) is 23.6 Å². The molecule has 1 saturated heterocycles. The number of ether oxygens (including phenoxy) is 1. The molecule has 1 fully saturated rings. The Kier molecular flexibility index (Phi) is 4.87. The van der Waals surface area contributed by atoms with Crippen LogP contribution in [-0.2, 0) is 4.79 Å². The van der Waals surface area contributed by atoms with E-state index in [0.717, 1.165) is 22.9 Å². The molecule has 1 aromatic heterocycles. The molecule has 8 heteroatoms. The Morgan fingerprint density at radius 1 is 1.55 bits per heavy atom. The van der Waals surface area contributed by atoms with Crippen molar-refractivity contribution >= 4 is 45.7 Å². The van der Waals surface area contributed by atoms with E-state index in [0.29, 0.717) is 15.9 Å². The molecule has 1 aliphatic heterocycles. The van der Waals surface area contributed by atoms with E-state index in [1.807, 2.05) is 11.4 Å². The third kappa shape index (κ3) is 3.38. The summed E-state index contributed by atoms with van der Waals surface area (Å²) in [4.78, 5) is 16.5. The number of carbonyl (C=O) groups is 1. The molecule has 1 aliphatic rings. The Bertz CT molecular complexity index is 686. The van der Waals surface area contributed by atoms with Gasteiger partial charge in [-0.3, -0.25) is 10.1 Å². The third-order valence-corrected chi connectivity index (χ3v) is 5.21. The van der Waals surface area contributed by atoms with E-state index in [9.17, 15) is 4.79 Å². The topological polar surface area (TPSA) is 63.2 Å². The van der Waals surface area contributed by atoms with Gasteiger partial charge in [-0.25, -0.2) is 4.98 Å². The van der Waals surface area contributed by atoms with Gasteiger partial charge in [0.1, 0.15) is 5.75 Å². The molecule has 3 rings (SSSR count). The van der Waals surface area contributed by atoms with Crippen molar-refractivity contribution in [2.24, 2.45) is 0 Å². The fourth-order valence-corrected chi connectivity index (χ4v) is 3.97. The number of hydrogen-bond acceptors (Lipinski definition) is 6. The number of aromatic nitrogens is 1. The van der Waals surface area contributed by atoms with Crippen LogP contribution in [0, 0.1) is 0 Å². The Morgan fingerprint density at radius 2 is 2.41 bits per heavy atom. The number of anilines is 1. The van der Waals surface area contributed by atoms with Gasteiger partial charge in [-0.2, -0.15) is 0 Å². The SMILES string of the molecule is COc1ccc(-c2csc(NC(=O)C3CSCN3)n2)cc1Cl. The number of nitrogens with zero attached hydrogens (tertiary/aromatic N) is 1. The first-order valence-corrected chi connectivity index (χ1v) is 9.00. The van der Waals surface area contributed by atoms with E-state index in [1.54, 1.807) is 31.0 Å². The van der Waals surface area contributed by atoms with Gasteiger partial charge in [-0.1, -0.05) is 11.6 Å². The van der Waals surface area contributed by atoms with Gasteiger partial charge in [0.15, 0.2) is 5.13 Å². The summed E-state index contributed by atoms with van der Waals surface area (Å²) in [6.45, 7) is 0. The quantitative estimate of drug-likeness (QED) is 0.882. The highest BCUT2D eigenvalue weighted by Gasteiger charge is 2.23. The number of thiazole rings is 1. The lowest BCUT2D eigenvalue weighted by molar-refractivity contribution is -0.117. The van der Waals surface area contributed by atoms with Gasteiger partial charge in [-0.05, 0) is 18.2 Å². The second-order valence-electron chi connectivity index (χ2n) is 4.65. The minimum absolute atomic E-state index is 0.0429. The van der Waals surface area contributed by atoms with Crippen molar-refractivity contribution < 1.29 is 9.53 Å². The normalized spacial score (nSPS) is 17.5. The zero-order valence-electron chi connectivity index (χ0n) is 11.8. The van der Waals surface area contributed by atoms with Crippen molar-refractivity contribution in [3.05, 3.63) is 28.6 Å². The molecule has 1 unspecified atom stereocenters. The zero-order valence-corrected chi connectivity index (χ0v) is 14.1. The van der Waals surface area contributed by atoms with E-state index in [2.05, 4.69) is 15.6 Å². The van der Waals surface area contributed by atoms with E-state index in [-0.39, 0.29) is 11.9 Å². The maximum Gasteiger partial charge on any atom is 0.244 e. The predicted octanol–water partition coefficient (Wildman–Crippen LogP) is 3.07. The fourth-order valence-electron chi connectivity index (χ4n) is 2.05. The van der Waals surface area contributed by atoms with Crippen LogP contribution in [0.5, 0.6) is 5.75 Å². The fraction of sp³-hybridized carbons (Fsp3) is 0.286. The van der Waals surface area contributed by atoms with E-state index < -0.39 is 0 Å². The molecule has 22 heavy (non-hydrogen) atoms. The number of thioether (sulfide) groups is 1. The highest BCUT2D eigenvalue weighted by molar-refractivity contribution is 7.99. The largest absolute Gasteiger partial charge is 0.495 e. The summed E-state index contributed by atoms with van der Waals surface area (Å²) < 4.78 is 5.13. The summed E-state index contributed by atoms with van der Waals surface area (Å²) >= 11 is 9.24. The lowest BCUT2D eigenvalue weighted by atomic mass is 10.2. The maximum atomic E-state index is 12.0. The highest BCUT2D eigenvalue weighted by atomic mass is 35.5. The predicted molar refractivity (Wildman–Crippen MR) is 92.0 cm³/mol. The van der Waals surface area contributed by atoms with Crippen LogP contribution in [0.4, 0.5) is 5.13 Å². The van der Waals surface area contributed by atoms with Gasteiger partial charge >= 0.3 is 0 Å². The molecule has 0 saturated carbocycles. The van der Waals surface area contributed by atoms with Crippen molar-refractivity contribution in [2.45, 2.75) is 6.04 Å². The molecule has 0 bridgehead atoms. The molecule has 2 N–H and O–H groups in total. The second kappa shape index (κ2) is 6.87. The van der Waals surface area contributed by atoms with Gasteiger partial charge < -0.3 is 10.1 Å². The van der Waals surface area contributed by atoms with Crippen molar-refractivity contribution in [1.82, 2.24) is 10.3 Å². The molecule has 2 heterocycles. The van der Waals surface area contributed by atoms with Crippen LogP contribution >= 0.6 is 34.7 Å². The van der Waals surface area contributed by atoms with Gasteiger partial charge in [0, 0.05) is 22.6 Å². The van der Waals surface area contributed by atoms with Crippen molar-refractivity contribution in [3.8, 4) is 17.0 Å². The third-order valence-electron chi connectivity index (χ3n) is 3.21. The standard InChI is InChI=1S/C14H14ClN3O2S2/c1-20-12-3-2-8(4-9(12)15)10-6-22-14(17-10)18-13(19)11-5-21-7-16-11/h2-4,6,11,16H,5,7H2,1H3,(H,17,18,19). The summed E-state index contributed by atoms with van der Waals surface area (Å²) in [5.74, 6) is 2.18. The van der Waals surface area contributed by atoms with Crippen molar-refractivity contribution in [2.75, 3.05) is 24.1 Å². The summed E-state index contributed by atoms with van der Waals surface area (Å²) in [6.07, 6.45) is 0. The molecule has 116 valence electrons. The average molecular weight is 356 g/mol. The number of nitrogens with one attached hydrogen (secondary N) is 2. The number of benzene rings is 1. The second-order valence-corrected chi connectivity index (χ2v) is 6.94. The van der Waals surface area contributed by atoms with Gasteiger partial charge in [-0.15, -0.1) is 23.1 Å². The Labute approximate surface area is 141 Å². The zero-order chi connectivity index (χ0) is 15.5. The minimum Gasteiger partial charge on any atom is -0.495 e. The molecule has 0 spiro atoms. The van der Waals surface area contributed by atoms with Gasteiger partial charge in [0.05, 0.1) is 23.9 Å². The maximum absolute atomic E-state index is 12.0. The van der Waals surface area contributed by atoms with Crippen LogP contribution in [0.1, 0.15) is 0 Å². The first kappa shape index (κ1) is 15.6. The number of carbonyl (C=O) groups excluding carboxylic acids is 1. The Morgan fingerprint density at radius 3 is 3.09 bits per heavy atom. The number of rotatable bonds is 4. The van der Waals surface area contributed by atoms with Gasteiger partial charge in [0.25, 0.3) is 0 Å². The van der Waals surface area contributed by atoms with Gasteiger partial charge in [0.2, 0.25) is 5.91 Å². The van der Waals surface area contributed by atoms with Crippen molar-refractivity contribution in [1.29, 1.82) is 0 Å². The lowest BCUT2D eigenvalue weighted by Gasteiger charge is -2.07. The highest BCUT2D eigenvalue weighted by Crippen LogP contribution is 2.31. The number of halogens is 1. The number of hydrogen-bond donors (Lipinski definition) is 2. The van der Waals surface area contributed by atoms with E-state index in [4.69, 9.17) is 16.3 Å². The minimum atomic E-state index is -0.146. The summed E-state index contributed by atoms with van der Waals surface area (Å²) in [5, 5.41) is 8.99.